The van der Waals surface area contributed by atoms with E-state index in [-0.39, 0.29) is 0 Å². The standard InChI is InChI=1S/C13H14N2/c1-9-4-2-7-12(13(9)15)10-5-3-6-11(14)8-10/h2-8H,14-15H2,1H3. The topological polar surface area (TPSA) is 52.0 Å². The summed E-state index contributed by atoms with van der Waals surface area (Å²) in [5.41, 5.74) is 16.5. The first kappa shape index (κ1) is 9.59. The highest BCUT2D eigenvalue weighted by atomic mass is 14.6. The fourth-order valence-corrected chi connectivity index (χ4v) is 1.64. The molecule has 0 fully saturated rings. The summed E-state index contributed by atoms with van der Waals surface area (Å²) in [6.07, 6.45) is 0. The third-order valence-electron chi connectivity index (χ3n) is 2.52. The predicted molar refractivity (Wildman–Crippen MR) is 65.4 cm³/mol. The minimum absolute atomic E-state index is 0.758. The molecular formula is C13H14N2. The Hall–Kier alpha value is -1.96. The van der Waals surface area contributed by atoms with Crippen molar-refractivity contribution in [2.24, 2.45) is 0 Å². The number of benzene rings is 2. The Labute approximate surface area is 89.5 Å². The molecule has 0 unspecified atom stereocenters. The van der Waals surface area contributed by atoms with Gasteiger partial charge < -0.3 is 11.5 Å². The number of hydrogen-bond donors (Lipinski definition) is 2. The van der Waals surface area contributed by atoms with E-state index >= 15 is 0 Å². The molecule has 4 N–H and O–H groups in total. The molecule has 0 heterocycles. The van der Waals surface area contributed by atoms with E-state index in [0.717, 1.165) is 28.1 Å². The largest absolute Gasteiger partial charge is 0.399 e. The van der Waals surface area contributed by atoms with Gasteiger partial charge in [0.2, 0.25) is 0 Å². The van der Waals surface area contributed by atoms with E-state index in [0.29, 0.717) is 0 Å². The van der Waals surface area contributed by atoms with Crippen LogP contribution in [0.3, 0.4) is 0 Å². The Morgan fingerprint density at radius 2 is 1.67 bits per heavy atom. The molecule has 2 nitrogen and oxygen atoms in total. The minimum Gasteiger partial charge on any atom is -0.399 e. The van der Waals surface area contributed by atoms with Gasteiger partial charge in [0, 0.05) is 16.9 Å². The highest BCUT2D eigenvalue weighted by Gasteiger charge is 2.03. The van der Waals surface area contributed by atoms with Gasteiger partial charge in [0.05, 0.1) is 0 Å². The summed E-state index contributed by atoms with van der Waals surface area (Å²) in [7, 11) is 0. The second-order valence-corrected chi connectivity index (χ2v) is 3.66. The summed E-state index contributed by atoms with van der Waals surface area (Å²) < 4.78 is 0. The second kappa shape index (κ2) is 3.65. The van der Waals surface area contributed by atoms with Crippen LogP contribution in [0, 0.1) is 6.92 Å². The van der Waals surface area contributed by atoms with E-state index in [1.807, 2.05) is 49.4 Å². The quantitative estimate of drug-likeness (QED) is 0.692. The maximum Gasteiger partial charge on any atom is 0.0423 e. The van der Waals surface area contributed by atoms with E-state index < -0.39 is 0 Å². The number of nitrogens with two attached hydrogens (primary N) is 2. The SMILES string of the molecule is Cc1cccc(-c2cccc(N)c2)c1N. The van der Waals surface area contributed by atoms with E-state index in [1.165, 1.54) is 0 Å². The van der Waals surface area contributed by atoms with Crippen molar-refractivity contribution >= 4 is 11.4 Å². The van der Waals surface area contributed by atoms with Crippen molar-refractivity contribution in [3.05, 3.63) is 48.0 Å². The Balaban J connectivity index is 2.59. The zero-order valence-corrected chi connectivity index (χ0v) is 8.70. The summed E-state index contributed by atoms with van der Waals surface area (Å²) in [6.45, 7) is 2.01. The molecule has 0 saturated carbocycles. The Morgan fingerprint density at radius 1 is 0.933 bits per heavy atom. The van der Waals surface area contributed by atoms with E-state index in [9.17, 15) is 0 Å². The van der Waals surface area contributed by atoms with Gasteiger partial charge in [0.1, 0.15) is 0 Å². The molecule has 0 saturated heterocycles. The smallest absolute Gasteiger partial charge is 0.0423 e. The molecule has 0 aliphatic rings. The molecule has 0 aliphatic carbocycles. The monoisotopic (exact) mass is 198 g/mol. The summed E-state index contributed by atoms with van der Waals surface area (Å²) >= 11 is 0. The van der Waals surface area contributed by atoms with Crippen molar-refractivity contribution in [3.63, 3.8) is 0 Å². The average Bonchev–Trinajstić information content (AvgIpc) is 2.22. The predicted octanol–water partition coefficient (Wildman–Crippen LogP) is 2.83. The third-order valence-corrected chi connectivity index (χ3v) is 2.52. The number of nitrogen functional groups attached to an aromatic ring is 2. The summed E-state index contributed by atoms with van der Waals surface area (Å²) in [6, 6.07) is 13.8. The first-order valence-electron chi connectivity index (χ1n) is 4.89. The summed E-state index contributed by atoms with van der Waals surface area (Å²) in [5, 5.41) is 0. The first-order valence-corrected chi connectivity index (χ1v) is 4.89. The van der Waals surface area contributed by atoms with Crippen LogP contribution in [0.5, 0.6) is 0 Å². The van der Waals surface area contributed by atoms with Gasteiger partial charge >= 0.3 is 0 Å². The van der Waals surface area contributed by atoms with E-state index in [4.69, 9.17) is 11.5 Å². The molecule has 2 rings (SSSR count). The minimum atomic E-state index is 0.758. The van der Waals surface area contributed by atoms with Crippen LogP contribution in [-0.2, 0) is 0 Å². The lowest BCUT2D eigenvalue weighted by atomic mass is 10.0. The lowest BCUT2D eigenvalue weighted by Crippen LogP contribution is -1.93. The van der Waals surface area contributed by atoms with E-state index in [1.54, 1.807) is 0 Å². The molecule has 0 spiro atoms. The first-order chi connectivity index (χ1) is 7.18. The molecule has 0 radical (unpaired) electrons. The Bertz CT molecular complexity index is 490. The molecule has 2 heteroatoms. The van der Waals surface area contributed by atoms with Crippen molar-refractivity contribution in [1.82, 2.24) is 0 Å². The zero-order chi connectivity index (χ0) is 10.8. The second-order valence-electron chi connectivity index (χ2n) is 3.66. The molecule has 0 aromatic heterocycles. The zero-order valence-electron chi connectivity index (χ0n) is 8.70. The van der Waals surface area contributed by atoms with Crippen LogP contribution in [0.25, 0.3) is 11.1 Å². The van der Waals surface area contributed by atoms with Crippen LogP contribution in [0.4, 0.5) is 11.4 Å². The van der Waals surface area contributed by atoms with Gasteiger partial charge in [0.25, 0.3) is 0 Å². The van der Waals surface area contributed by atoms with Gasteiger partial charge in [-0.05, 0) is 30.2 Å². The lowest BCUT2D eigenvalue weighted by Gasteiger charge is -2.08. The highest BCUT2D eigenvalue weighted by molar-refractivity contribution is 5.79. The fourth-order valence-electron chi connectivity index (χ4n) is 1.64. The molecule has 2 aromatic carbocycles. The number of rotatable bonds is 1. The normalized spacial score (nSPS) is 10.2. The van der Waals surface area contributed by atoms with Gasteiger partial charge in [-0.2, -0.15) is 0 Å². The van der Waals surface area contributed by atoms with Gasteiger partial charge in [-0.1, -0.05) is 30.3 Å². The number of anilines is 2. The van der Waals surface area contributed by atoms with Crippen molar-refractivity contribution in [2.45, 2.75) is 6.92 Å². The lowest BCUT2D eigenvalue weighted by molar-refractivity contribution is 1.46. The van der Waals surface area contributed by atoms with Crippen LogP contribution in [0.2, 0.25) is 0 Å². The van der Waals surface area contributed by atoms with Crippen LogP contribution in [0.15, 0.2) is 42.5 Å². The Morgan fingerprint density at radius 3 is 2.40 bits per heavy atom. The maximum atomic E-state index is 6.02. The average molecular weight is 198 g/mol. The van der Waals surface area contributed by atoms with E-state index in [2.05, 4.69) is 0 Å². The highest BCUT2D eigenvalue weighted by Crippen LogP contribution is 2.28. The van der Waals surface area contributed by atoms with Crippen molar-refractivity contribution in [2.75, 3.05) is 11.5 Å². The van der Waals surface area contributed by atoms with Gasteiger partial charge in [-0.15, -0.1) is 0 Å². The molecule has 76 valence electrons. The van der Waals surface area contributed by atoms with Gasteiger partial charge in [-0.25, -0.2) is 0 Å². The number of aryl methyl sites for hydroxylation is 1. The van der Waals surface area contributed by atoms with Crippen LogP contribution in [0.1, 0.15) is 5.56 Å². The van der Waals surface area contributed by atoms with Crippen LogP contribution in [-0.4, -0.2) is 0 Å². The molecule has 0 amide bonds. The fraction of sp³-hybridized carbons (Fsp3) is 0.0769. The molecular weight excluding hydrogens is 184 g/mol. The maximum absolute atomic E-state index is 6.02. The molecule has 15 heavy (non-hydrogen) atoms. The molecule has 0 aliphatic heterocycles. The summed E-state index contributed by atoms with van der Waals surface area (Å²) in [5.74, 6) is 0. The molecule has 0 atom stereocenters. The van der Waals surface area contributed by atoms with Crippen molar-refractivity contribution in [3.8, 4) is 11.1 Å². The van der Waals surface area contributed by atoms with Gasteiger partial charge in [-0.3, -0.25) is 0 Å². The van der Waals surface area contributed by atoms with Crippen LogP contribution < -0.4 is 11.5 Å². The number of hydrogen-bond acceptors (Lipinski definition) is 2. The molecule has 2 aromatic rings. The summed E-state index contributed by atoms with van der Waals surface area (Å²) in [4.78, 5) is 0. The van der Waals surface area contributed by atoms with Crippen molar-refractivity contribution in [1.29, 1.82) is 0 Å². The van der Waals surface area contributed by atoms with Crippen LogP contribution >= 0.6 is 0 Å². The Kier molecular flexibility index (Phi) is 2.34. The number of para-hydroxylation sites is 1. The third kappa shape index (κ3) is 1.79. The van der Waals surface area contributed by atoms with Gasteiger partial charge in [0.15, 0.2) is 0 Å². The van der Waals surface area contributed by atoms with Crippen molar-refractivity contribution < 1.29 is 0 Å². The molecule has 0 bridgehead atoms.